The lowest BCUT2D eigenvalue weighted by atomic mass is 10.1. The molecule has 0 aliphatic carbocycles. The number of furan rings is 1. The van der Waals surface area contributed by atoms with Crippen molar-refractivity contribution >= 4 is 46.3 Å². The number of esters is 1. The van der Waals surface area contributed by atoms with Crippen molar-refractivity contribution in [2.24, 2.45) is 0 Å². The van der Waals surface area contributed by atoms with Gasteiger partial charge in [-0.15, -0.1) is 0 Å². The van der Waals surface area contributed by atoms with Crippen LogP contribution in [0.4, 0.5) is 4.39 Å². The van der Waals surface area contributed by atoms with Crippen LogP contribution in [-0.2, 0) is 14.3 Å². The van der Waals surface area contributed by atoms with E-state index in [0.29, 0.717) is 39.3 Å². The Labute approximate surface area is 165 Å². The van der Waals surface area contributed by atoms with Crippen molar-refractivity contribution in [3.05, 3.63) is 52.9 Å². The number of amides is 1. The van der Waals surface area contributed by atoms with Gasteiger partial charge >= 0.3 is 5.97 Å². The SMILES string of the molecule is COC(=O)CCCN1C(=O)C(=Cc2ccc(-c3ccccc3F)o2)SC1=S. The molecule has 1 aliphatic rings. The van der Waals surface area contributed by atoms with Crippen LogP contribution in [0, 0.1) is 5.82 Å². The van der Waals surface area contributed by atoms with Gasteiger partial charge in [-0.05, 0) is 30.7 Å². The number of carbonyl (C=O) groups excluding carboxylic acids is 2. The summed E-state index contributed by atoms with van der Waals surface area (Å²) in [5.74, 6) is -0.127. The van der Waals surface area contributed by atoms with Crippen LogP contribution >= 0.6 is 24.0 Å². The maximum absolute atomic E-state index is 13.9. The molecule has 0 spiro atoms. The molecule has 140 valence electrons. The minimum Gasteiger partial charge on any atom is -0.469 e. The third-order valence-electron chi connectivity index (χ3n) is 3.90. The average Bonchev–Trinajstić information content (AvgIpc) is 3.22. The Morgan fingerprint density at radius 3 is 2.85 bits per heavy atom. The van der Waals surface area contributed by atoms with Crippen molar-refractivity contribution in [1.29, 1.82) is 0 Å². The second-order valence-electron chi connectivity index (χ2n) is 5.69. The molecular weight excluding hydrogens is 389 g/mol. The van der Waals surface area contributed by atoms with Gasteiger partial charge in [-0.2, -0.15) is 0 Å². The van der Waals surface area contributed by atoms with Crippen molar-refractivity contribution in [3.63, 3.8) is 0 Å². The monoisotopic (exact) mass is 405 g/mol. The van der Waals surface area contributed by atoms with E-state index >= 15 is 0 Å². The summed E-state index contributed by atoms with van der Waals surface area (Å²) in [5, 5.41) is 0. The highest BCUT2D eigenvalue weighted by Crippen LogP contribution is 2.34. The van der Waals surface area contributed by atoms with Crippen LogP contribution in [0.25, 0.3) is 17.4 Å². The normalized spacial score (nSPS) is 15.6. The van der Waals surface area contributed by atoms with Crippen LogP contribution in [0.2, 0.25) is 0 Å². The van der Waals surface area contributed by atoms with Crippen LogP contribution < -0.4 is 0 Å². The molecule has 5 nitrogen and oxygen atoms in total. The first-order chi connectivity index (χ1) is 13.0. The maximum atomic E-state index is 13.9. The maximum Gasteiger partial charge on any atom is 0.305 e. The molecule has 0 bridgehead atoms. The Bertz CT molecular complexity index is 922. The van der Waals surface area contributed by atoms with Gasteiger partial charge in [-0.1, -0.05) is 36.1 Å². The Morgan fingerprint density at radius 2 is 2.11 bits per heavy atom. The van der Waals surface area contributed by atoms with Crippen LogP contribution in [0.15, 0.2) is 45.7 Å². The fraction of sp³-hybridized carbons (Fsp3) is 0.211. The summed E-state index contributed by atoms with van der Waals surface area (Å²) >= 11 is 6.42. The minimum atomic E-state index is -0.379. The highest BCUT2D eigenvalue weighted by atomic mass is 32.2. The third-order valence-corrected chi connectivity index (χ3v) is 5.28. The molecular formula is C19H16FNO4S2. The van der Waals surface area contributed by atoms with E-state index in [1.54, 1.807) is 36.4 Å². The van der Waals surface area contributed by atoms with Crippen LogP contribution in [-0.4, -0.2) is 34.8 Å². The lowest BCUT2D eigenvalue weighted by Crippen LogP contribution is -2.29. The summed E-state index contributed by atoms with van der Waals surface area (Å²) in [5.41, 5.74) is 0.354. The van der Waals surface area contributed by atoms with E-state index in [-0.39, 0.29) is 24.1 Å². The number of benzene rings is 1. The Hall–Kier alpha value is -2.45. The number of thioether (sulfide) groups is 1. The summed E-state index contributed by atoms with van der Waals surface area (Å²) < 4.78 is 24.5. The van der Waals surface area contributed by atoms with Crippen molar-refractivity contribution in [2.45, 2.75) is 12.8 Å². The van der Waals surface area contributed by atoms with E-state index < -0.39 is 0 Å². The number of rotatable bonds is 6. The average molecular weight is 405 g/mol. The molecule has 1 amide bonds. The smallest absolute Gasteiger partial charge is 0.305 e. The second kappa shape index (κ2) is 8.49. The lowest BCUT2D eigenvalue weighted by Gasteiger charge is -2.13. The molecule has 1 saturated heterocycles. The van der Waals surface area contributed by atoms with Gasteiger partial charge in [-0.3, -0.25) is 14.5 Å². The topological polar surface area (TPSA) is 59.8 Å². The number of methoxy groups -OCH3 is 1. The highest BCUT2D eigenvalue weighted by molar-refractivity contribution is 8.26. The zero-order valence-electron chi connectivity index (χ0n) is 14.4. The standard InChI is InChI=1S/C19H16FNO4S2/c1-24-17(22)7-4-10-21-18(23)16(27-19(21)26)11-12-8-9-15(25-12)13-5-2-3-6-14(13)20/h2-3,5-6,8-9,11H,4,7,10H2,1H3. The van der Waals surface area contributed by atoms with Crippen LogP contribution in [0.1, 0.15) is 18.6 Å². The van der Waals surface area contributed by atoms with Gasteiger partial charge in [0.2, 0.25) is 0 Å². The molecule has 1 aromatic heterocycles. The Balaban J connectivity index is 1.71. The summed E-state index contributed by atoms with van der Waals surface area (Å²) in [6, 6.07) is 9.64. The number of thiocarbonyl (C=S) groups is 1. The van der Waals surface area contributed by atoms with Gasteiger partial charge in [-0.25, -0.2) is 4.39 Å². The predicted octanol–water partition coefficient (Wildman–Crippen LogP) is 4.24. The third kappa shape index (κ3) is 4.45. The largest absolute Gasteiger partial charge is 0.469 e. The summed E-state index contributed by atoms with van der Waals surface area (Å²) in [6.45, 7) is 0.343. The number of nitrogens with zero attached hydrogens (tertiary/aromatic N) is 1. The van der Waals surface area contributed by atoms with Crippen molar-refractivity contribution < 1.29 is 23.1 Å². The van der Waals surface area contributed by atoms with Gasteiger partial charge in [0.25, 0.3) is 5.91 Å². The molecule has 2 heterocycles. The number of halogens is 1. The highest BCUT2D eigenvalue weighted by Gasteiger charge is 2.32. The predicted molar refractivity (Wildman–Crippen MR) is 105 cm³/mol. The first-order valence-electron chi connectivity index (χ1n) is 8.16. The number of carbonyl (C=O) groups is 2. The molecule has 8 heteroatoms. The molecule has 3 rings (SSSR count). The van der Waals surface area contributed by atoms with Gasteiger partial charge in [0.05, 0.1) is 17.6 Å². The number of hydrogen-bond donors (Lipinski definition) is 0. The molecule has 0 atom stereocenters. The molecule has 1 fully saturated rings. The van der Waals surface area contributed by atoms with E-state index in [0.717, 1.165) is 0 Å². The first-order valence-corrected chi connectivity index (χ1v) is 9.39. The van der Waals surface area contributed by atoms with E-state index in [2.05, 4.69) is 4.74 Å². The molecule has 0 unspecified atom stereocenters. The minimum absolute atomic E-state index is 0.219. The van der Waals surface area contributed by atoms with Crippen LogP contribution in [0.5, 0.6) is 0 Å². The molecule has 1 aliphatic heterocycles. The number of hydrogen-bond acceptors (Lipinski definition) is 6. The molecule has 0 radical (unpaired) electrons. The zero-order chi connectivity index (χ0) is 19.4. The van der Waals surface area contributed by atoms with E-state index in [9.17, 15) is 14.0 Å². The van der Waals surface area contributed by atoms with Crippen molar-refractivity contribution in [2.75, 3.05) is 13.7 Å². The lowest BCUT2D eigenvalue weighted by molar-refractivity contribution is -0.141. The van der Waals surface area contributed by atoms with E-state index in [1.807, 2.05) is 0 Å². The summed E-state index contributed by atoms with van der Waals surface area (Å²) in [4.78, 5) is 25.6. The number of ether oxygens (including phenoxy) is 1. The second-order valence-corrected chi connectivity index (χ2v) is 7.37. The fourth-order valence-corrected chi connectivity index (χ4v) is 3.83. The summed E-state index contributed by atoms with van der Waals surface area (Å²) in [7, 11) is 1.32. The van der Waals surface area contributed by atoms with Gasteiger partial charge in [0.15, 0.2) is 0 Å². The van der Waals surface area contributed by atoms with Gasteiger partial charge < -0.3 is 9.15 Å². The fourth-order valence-electron chi connectivity index (χ4n) is 2.54. The Morgan fingerprint density at radius 1 is 1.33 bits per heavy atom. The molecule has 27 heavy (non-hydrogen) atoms. The van der Waals surface area contributed by atoms with Gasteiger partial charge in [0.1, 0.15) is 21.7 Å². The Kier molecular flexibility index (Phi) is 6.08. The summed E-state index contributed by atoms with van der Waals surface area (Å²) in [6.07, 6.45) is 2.27. The molecule has 0 N–H and O–H groups in total. The van der Waals surface area contributed by atoms with Crippen molar-refractivity contribution in [3.8, 4) is 11.3 Å². The first kappa shape index (κ1) is 19.3. The van der Waals surface area contributed by atoms with Crippen molar-refractivity contribution in [1.82, 2.24) is 4.90 Å². The molecule has 2 aromatic rings. The van der Waals surface area contributed by atoms with Gasteiger partial charge in [0, 0.05) is 19.0 Å². The van der Waals surface area contributed by atoms with E-state index in [1.165, 1.54) is 29.8 Å². The molecule has 1 aromatic carbocycles. The zero-order valence-corrected chi connectivity index (χ0v) is 16.1. The quantitative estimate of drug-likeness (QED) is 0.407. The van der Waals surface area contributed by atoms with E-state index in [4.69, 9.17) is 16.6 Å². The molecule has 0 saturated carbocycles. The van der Waals surface area contributed by atoms with Crippen LogP contribution in [0.3, 0.4) is 0 Å².